The third-order valence-corrected chi connectivity index (χ3v) is 7.64. The van der Waals surface area contributed by atoms with Crippen molar-refractivity contribution < 1.29 is 9.59 Å². The Kier molecular flexibility index (Phi) is 11.3. The van der Waals surface area contributed by atoms with Crippen LogP contribution in [0.25, 0.3) is 10.8 Å². The molecule has 2 atom stereocenters. The summed E-state index contributed by atoms with van der Waals surface area (Å²) in [4.78, 5) is 29.5. The number of fused-ring (bicyclic) bond motifs is 1. The lowest BCUT2D eigenvalue weighted by Gasteiger charge is -2.31. The Bertz CT molecular complexity index is 1190. The van der Waals surface area contributed by atoms with Crippen molar-refractivity contribution in [3.63, 3.8) is 0 Å². The van der Waals surface area contributed by atoms with Gasteiger partial charge in [0.05, 0.1) is 0 Å². The molecule has 3 aromatic rings. The molecule has 0 radical (unpaired) electrons. The summed E-state index contributed by atoms with van der Waals surface area (Å²) >= 11 is 5.82. The zero-order chi connectivity index (χ0) is 26.6. The quantitative estimate of drug-likeness (QED) is 0.268. The molecule has 1 heterocycles. The summed E-state index contributed by atoms with van der Waals surface area (Å²) in [5, 5.41) is 11.9. The zero-order valence-electron chi connectivity index (χ0n) is 21.1. The smallest absolute Gasteiger partial charge is 0.245 e. The maximum Gasteiger partial charge on any atom is 0.245 e. The van der Waals surface area contributed by atoms with Crippen LogP contribution in [0, 0.1) is 18.8 Å². The van der Waals surface area contributed by atoms with Crippen LogP contribution in [0.5, 0.6) is 0 Å². The number of amides is 2. The highest BCUT2D eigenvalue weighted by molar-refractivity contribution is 7.97. The summed E-state index contributed by atoms with van der Waals surface area (Å²) in [6, 6.07) is 21.4. The van der Waals surface area contributed by atoms with Gasteiger partial charge in [0, 0.05) is 36.7 Å². The van der Waals surface area contributed by atoms with Crippen LogP contribution in [0.2, 0.25) is 0 Å². The van der Waals surface area contributed by atoms with Crippen molar-refractivity contribution in [1.82, 2.24) is 14.9 Å². The lowest BCUT2D eigenvalue weighted by Crippen LogP contribution is -2.54. The number of rotatable bonds is 9. The number of thiol groups is 1. The number of nitrogens with zero attached hydrogens (tertiary/aromatic N) is 2. The van der Waals surface area contributed by atoms with E-state index < -0.39 is 12.1 Å². The van der Waals surface area contributed by atoms with Gasteiger partial charge < -0.3 is 10.2 Å². The Morgan fingerprint density at radius 2 is 1.65 bits per heavy atom. The van der Waals surface area contributed by atoms with Crippen molar-refractivity contribution in [2.75, 3.05) is 18.8 Å². The second-order valence-corrected chi connectivity index (χ2v) is 10.4. The Balaban J connectivity index is 0.00000186. The van der Waals surface area contributed by atoms with Gasteiger partial charge in [0.1, 0.15) is 12.1 Å². The van der Waals surface area contributed by atoms with E-state index in [1.54, 1.807) is 0 Å². The number of benzene rings is 3. The topological polar surface area (TPSA) is 85.2 Å². The first kappa shape index (κ1) is 28.6. The van der Waals surface area contributed by atoms with Gasteiger partial charge in [-0.15, -0.1) is 0 Å². The number of likely N-dealkylation sites (tertiary alicyclic amines) is 1. The molecule has 0 aliphatic carbocycles. The Labute approximate surface area is 229 Å². The fourth-order valence-electron chi connectivity index (χ4n) is 4.31. The van der Waals surface area contributed by atoms with Gasteiger partial charge in [-0.1, -0.05) is 60.2 Å². The Hall–Kier alpha value is -2.99. The van der Waals surface area contributed by atoms with Crippen LogP contribution in [-0.2, 0) is 16.0 Å². The standard InChI is InChI=1S/C28H33N3O2S2.CHN/c1-20-9-11-21(12-10-20)17-25(28(33)31-15-5-2-6-16-31)29-27(32)26(19-34)30-35-24-14-13-22-7-3-4-8-23(22)18-24;1-2/h3-4,7-14,18,25-26,30,34H,2,5-6,15-17,19H2,1H3,(H,29,32);1H. The summed E-state index contributed by atoms with van der Waals surface area (Å²) in [5.41, 5.74) is 2.20. The minimum Gasteiger partial charge on any atom is -0.343 e. The highest BCUT2D eigenvalue weighted by atomic mass is 32.2. The molecule has 0 spiro atoms. The largest absolute Gasteiger partial charge is 0.343 e. The molecule has 1 aliphatic rings. The monoisotopic (exact) mass is 534 g/mol. The van der Waals surface area contributed by atoms with Crippen LogP contribution < -0.4 is 10.0 Å². The lowest BCUT2D eigenvalue weighted by atomic mass is 10.0. The second kappa shape index (κ2) is 14.7. The Morgan fingerprint density at radius 3 is 2.32 bits per heavy atom. The number of nitriles is 1. The molecular formula is C29H34N4O2S2. The van der Waals surface area contributed by atoms with E-state index >= 15 is 0 Å². The van der Waals surface area contributed by atoms with Gasteiger partial charge in [-0.25, -0.2) is 9.98 Å². The van der Waals surface area contributed by atoms with Gasteiger partial charge in [0.25, 0.3) is 0 Å². The van der Waals surface area contributed by atoms with E-state index in [-0.39, 0.29) is 11.8 Å². The summed E-state index contributed by atoms with van der Waals surface area (Å²) in [6.45, 7) is 7.05. The van der Waals surface area contributed by atoms with Gasteiger partial charge in [0.15, 0.2) is 0 Å². The number of nitrogens with one attached hydrogen (secondary N) is 2. The van der Waals surface area contributed by atoms with Crippen molar-refractivity contribution in [1.29, 1.82) is 5.26 Å². The van der Waals surface area contributed by atoms with Crippen molar-refractivity contribution in [3.8, 4) is 6.57 Å². The highest BCUT2D eigenvalue weighted by Crippen LogP contribution is 2.22. The van der Waals surface area contributed by atoms with Gasteiger partial charge >= 0.3 is 0 Å². The molecule has 0 bridgehead atoms. The van der Waals surface area contributed by atoms with E-state index in [1.165, 1.54) is 22.9 Å². The van der Waals surface area contributed by atoms with E-state index in [0.29, 0.717) is 12.2 Å². The molecule has 3 aromatic carbocycles. The van der Waals surface area contributed by atoms with Crippen molar-refractivity contribution in [3.05, 3.63) is 77.9 Å². The van der Waals surface area contributed by atoms with Gasteiger partial charge in [-0.2, -0.15) is 12.6 Å². The zero-order valence-corrected chi connectivity index (χ0v) is 22.8. The number of aryl methyl sites for hydroxylation is 1. The van der Waals surface area contributed by atoms with E-state index in [2.05, 4.69) is 53.5 Å². The summed E-state index contributed by atoms with van der Waals surface area (Å²) in [7, 11) is 0. The first-order valence-electron chi connectivity index (χ1n) is 12.5. The van der Waals surface area contributed by atoms with Gasteiger partial charge in [-0.3, -0.25) is 9.59 Å². The van der Waals surface area contributed by atoms with Crippen LogP contribution in [0.1, 0.15) is 30.4 Å². The van der Waals surface area contributed by atoms with Crippen LogP contribution in [0.15, 0.2) is 71.6 Å². The maximum atomic E-state index is 13.4. The third kappa shape index (κ3) is 8.26. The molecular weight excluding hydrogens is 500 g/mol. The molecule has 1 saturated heterocycles. The van der Waals surface area contributed by atoms with Gasteiger partial charge in [-0.05, 0) is 66.6 Å². The maximum absolute atomic E-state index is 13.4. The summed E-state index contributed by atoms with van der Waals surface area (Å²) in [6.07, 6.45) is 3.65. The first-order chi connectivity index (χ1) is 18.0. The molecule has 194 valence electrons. The minimum absolute atomic E-state index is 0.00118. The van der Waals surface area contributed by atoms with Crippen LogP contribution >= 0.6 is 24.6 Å². The fourth-order valence-corrected chi connectivity index (χ4v) is 5.48. The number of carbonyl (C=O) groups excluding carboxylic acids is 2. The van der Waals surface area contributed by atoms with Crippen LogP contribution in [0.3, 0.4) is 0 Å². The molecule has 37 heavy (non-hydrogen) atoms. The lowest BCUT2D eigenvalue weighted by molar-refractivity contribution is -0.137. The van der Waals surface area contributed by atoms with E-state index in [1.807, 2.05) is 54.3 Å². The van der Waals surface area contributed by atoms with Gasteiger partial charge in [0.2, 0.25) is 11.8 Å². The van der Waals surface area contributed by atoms with Crippen molar-refractivity contribution >= 4 is 47.2 Å². The highest BCUT2D eigenvalue weighted by Gasteiger charge is 2.29. The van der Waals surface area contributed by atoms with Crippen molar-refractivity contribution in [2.24, 2.45) is 0 Å². The van der Waals surface area contributed by atoms with E-state index in [9.17, 15) is 9.59 Å². The van der Waals surface area contributed by atoms with E-state index in [4.69, 9.17) is 5.26 Å². The molecule has 1 fully saturated rings. The Morgan fingerprint density at radius 1 is 0.973 bits per heavy atom. The average Bonchev–Trinajstić information content (AvgIpc) is 2.95. The second-order valence-electron chi connectivity index (χ2n) is 9.10. The molecule has 0 saturated carbocycles. The first-order valence-corrected chi connectivity index (χ1v) is 13.9. The SMILES string of the molecule is C#N.Cc1ccc(CC(NC(=O)C(CS)NSc2ccc3ccccc3c2)C(=O)N2CCCCC2)cc1. The van der Waals surface area contributed by atoms with E-state index in [0.717, 1.165) is 48.2 Å². The molecule has 1 aliphatic heterocycles. The molecule has 4 rings (SSSR count). The number of hydrogen-bond donors (Lipinski definition) is 3. The van der Waals surface area contributed by atoms with Crippen molar-refractivity contribution in [2.45, 2.75) is 49.6 Å². The molecule has 2 unspecified atom stereocenters. The number of piperidine rings is 1. The minimum atomic E-state index is -0.599. The van der Waals surface area contributed by atoms with Crippen LogP contribution in [0.4, 0.5) is 0 Å². The summed E-state index contributed by atoms with van der Waals surface area (Å²) in [5.74, 6) is 0.108. The molecule has 2 N–H and O–H groups in total. The summed E-state index contributed by atoms with van der Waals surface area (Å²) < 4.78 is 3.25. The third-order valence-electron chi connectivity index (χ3n) is 6.38. The number of hydrogen-bond acceptors (Lipinski definition) is 6. The molecule has 6 nitrogen and oxygen atoms in total. The van der Waals surface area contributed by atoms with Crippen LogP contribution in [-0.4, -0.2) is 47.6 Å². The predicted octanol–water partition coefficient (Wildman–Crippen LogP) is 4.92. The fraction of sp³-hybridized carbons (Fsp3) is 0.345. The predicted molar refractivity (Wildman–Crippen MR) is 154 cm³/mol. The normalized spacial score (nSPS) is 14.8. The molecule has 2 amide bonds. The number of carbonyl (C=O) groups is 2. The molecule has 8 heteroatoms. The average molecular weight is 535 g/mol. The molecule has 0 aromatic heterocycles.